The number of guanidine groups is 2. The van der Waals surface area contributed by atoms with Gasteiger partial charge >= 0.3 is 0 Å². The highest BCUT2D eigenvalue weighted by Gasteiger charge is 2.15. The maximum absolute atomic E-state index is 8.24. The number of benzene rings is 2. The number of aliphatic imine (C=N–C) groups is 1. The number of hydrogen-bond donors (Lipinski definition) is 2. The first-order valence-electron chi connectivity index (χ1n) is 8.59. The van der Waals surface area contributed by atoms with Crippen LogP contribution in [0.15, 0.2) is 57.9 Å². The van der Waals surface area contributed by atoms with Gasteiger partial charge in [0.15, 0.2) is 11.5 Å². The first-order chi connectivity index (χ1) is 13.2. The van der Waals surface area contributed by atoms with Gasteiger partial charge < -0.3 is 20.1 Å². The zero-order valence-corrected chi connectivity index (χ0v) is 15.6. The predicted molar refractivity (Wildman–Crippen MR) is 107 cm³/mol. The van der Waals surface area contributed by atoms with Gasteiger partial charge in [-0.05, 0) is 36.1 Å². The molecule has 8 heteroatoms. The van der Waals surface area contributed by atoms with Gasteiger partial charge in [0.25, 0.3) is 0 Å². The van der Waals surface area contributed by atoms with Gasteiger partial charge in [-0.25, -0.2) is 0 Å². The summed E-state index contributed by atoms with van der Waals surface area (Å²) in [6.07, 6.45) is 1.53. The number of ether oxygens (including phenoxy) is 2. The van der Waals surface area contributed by atoms with E-state index in [1.54, 1.807) is 0 Å². The third kappa shape index (κ3) is 5.24. The number of nitrogens with one attached hydrogen (secondary N) is 1. The smallest absolute Gasteiger partial charge is 0.235 e. The second-order valence-corrected chi connectivity index (χ2v) is 6.23. The van der Waals surface area contributed by atoms with E-state index in [2.05, 4.69) is 33.9 Å². The quantitative estimate of drug-likeness (QED) is 0.590. The number of nitrogens with two attached hydrogens (primary N) is 1. The SMILES string of the molecule is N=C(N=C(N)N=S)N(CCc1ccccc1)CCc1ccc2c(c1)OCO2. The molecular formula is C19H21N5O2S. The standard InChI is InChI=1S/C19H21N5O2S/c20-18(23-27)22-19(21)24(10-8-14-4-2-1-3-5-14)11-9-15-6-7-16-17(12-15)26-13-25-16/h1-7,12H,8-11,13H2,(H3,20,21,22). The first kappa shape index (κ1) is 18.8. The zero-order valence-electron chi connectivity index (χ0n) is 14.8. The molecule has 0 saturated carbocycles. The van der Waals surface area contributed by atoms with E-state index in [1.165, 1.54) is 5.56 Å². The molecule has 7 nitrogen and oxygen atoms in total. The van der Waals surface area contributed by atoms with Gasteiger partial charge in [-0.15, -0.1) is 4.36 Å². The Balaban J connectivity index is 1.66. The van der Waals surface area contributed by atoms with Gasteiger partial charge in [-0.1, -0.05) is 36.4 Å². The van der Waals surface area contributed by atoms with Crippen molar-refractivity contribution in [3.05, 3.63) is 59.7 Å². The number of fused-ring (bicyclic) bond motifs is 1. The van der Waals surface area contributed by atoms with Crippen LogP contribution in [0.1, 0.15) is 11.1 Å². The van der Waals surface area contributed by atoms with Crippen molar-refractivity contribution < 1.29 is 9.47 Å². The highest BCUT2D eigenvalue weighted by molar-refractivity contribution is 7.47. The summed E-state index contributed by atoms with van der Waals surface area (Å²) in [6, 6.07) is 16.0. The van der Waals surface area contributed by atoms with Crippen molar-refractivity contribution in [2.24, 2.45) is 15.1 Å². The molecule has 2 aromatic carbocycles. The van der Waals surface area contributed by atoms with Crippen molar-refractivity contribution in [2.45, 2.75) is 12.8 Å². The predicted octanol–water partition coefficient (Wildman–Crippen LogP) is 2.48. The van der Waals surface area contributed by atoms with E-state index >= 15 is 0 Å². The lowest BCUT2D eigenvalue weighted by Crippen LogP contribution is -2.34. The summed E-state index contributed by atoms with van der Waals surface area (Å²) >= 11 is 4.54. The van der Waals surface area contributed by atoms with E-state index in [0.717, 1.165) is 29.9 Å². The van der Waals surface area contributed by atoms with E-state index in [-0.39, 0.29) is 18.7 Å². The fraction of sp³-hybridized carbons (Fsp3) is 0.263. The Bertz CT molecular complexity index is 841. The molecule has 3 N–H and O–H groups in total. The second kappa shape index (κ2) is 9.09. The summed E-state index contributed by atoms with van der Waals surface area (Å²) < 4.78 is 14.2. The van der Waals surface area contributed by atoms with E-state index < -0.39 is 0 Å². The van der Waals surface area contributed by atoms with Crippen LogP contribution in [0.2, 0.25) is 0 Å². The summed E-state index contributed by atoms with van der Waals surface area (Å²) in [7, 11) is 0. The Hall–Kier alpha value is -3.00. The average molecular weight is 383 g/mol. The molecule has 0 bridgehead atoms. The highest BCUT2D eigenvalue weighted by atomic mass is 32.1. The molecule has 1 heterocycles. The monoisotopic (exact) mass is 383 g/mol. The maximum atomic E-state index is 8.24. The van der Waals surface area contributed by atoms with E-state index in [9.17, 15) is 0 Å². The lowest BCUT2D eigenvalue weighted by molar-refractivity contribution is 0.174. The summed E-state index contributed by atoms with van der Waals surface area (Å²) in [5, 5.41) is 8.24. The number of nitrogens with zero attached hydrogens (tertiary/aromatic N) is 3. The molecule has 1 aliphatic heterocycles. The summed E-state index contributed by atoms with van der Waals surface area (Å²) in [5.74, 6) is 1.49. The van der Waals surface area contributed by atoms with E-state index in [0.29, 0.717) is 13.1 Å². The molecule has 0 fully saturated rings. The molecule has 0 aliphatic carbocycles. The minimum Gasteiger partial charge on any atom is -0.454 e. The summed E-state index contributed by atoms with van der Waals surface area (Å²) in [5.41, 5.74) is 7.87. The second-order valence-electron chi connectivity index (χ2n) is 6.05. The van der Waals surface area contributed by atoms with Crippen molar-refractivity contribution in [3.63, 3.8) is 0 Å². The summed E-state index contributed by atoms with van der Waals surface area (Å²) in [6.45, 7) is 1.51. The van der Waals surface area contributed by atoms with Crippen LogP contribution in [-0.4, -0.2) is 36.7 Å². The lowest BCUT2D eigenvalue weighted by atomic mass is 10.1. The average Bonchev–Trinajstić information content (AvgIpc) is 3.16. The Morgan fingerprint density at radius 2 is 1.74 bits per heavy atom. The van der Waals surface area contributed by atoms with E-state index in [1.807, 2.05) is 41.3 Å². The fourth-order valence-electron chi connectivity index (χ4n) is 2.79. The summed E-state index contributed by atoms with van der Waals surface area (Å²) in [4.78, 5) is 5.83. The molecule has 0 amide bonds. The van der Waals surface area contributed by atoms with Crippen molar-refractivity contribution in [2.75, 3.05) is 19.9 Å². The minimum atomic E-state index is -0.0807. The van der Waals surface area contributed by atoms with Crippen molar-refractivity contribution >= 4 is 24.3 Å². The van der Waals surface area contributed by atoms with Crippen molar-refractivity contribution in [1.82, 2.24) is 4.90 Å². The molecular weight excluding hydrogens is 362 g/mol. The normalized spacial score (nSPS) is 12.7. The number of rotatable bonds is 6. The van der Waals surface area contributed by atoms with Crippen LogP contribution in [0.5, 0.6) is 11.5 Å². The molecule has 0 radical (unpaired) electrons. The molecule has 27 heavy (non-hydrogen) atoms. The molecule has 3 rings (SSSR count). The van der Waals surface area contributed by atoms with E-state index in [4.69, 9.17) is 20.6 Å². The van der Waals surface area contributed by atoms with Crippen molar-refractivity contribution in [3.8, 4) is 11.5 Å². The minimum absolute atomic E-state index is 0.0535. The molecule has 0 aromatic heterocycles. The van der Waals surface area contributed by atoms with Crippen LogP contribution in [0.25, 0.3) is 0 Å². The van der Waals surface area contributed by atoms with Crippen molar-refractivity contribution in [1.29, 1.82) is 5.41 Å². The topological polar surface area (TPSA) is 96.3 Å². The largest absolute Gasteiger partial charge is 0.454 e. The molecule has 0 saturated heterocycles. The first-order valence-corrected chi connectivity index (χ1v) is 8.95. The maximum Gasteiger partial charge on any atom is 0.235 e. The zero-order chi connectivity index (χ0) is 19.1. The Morgan fingerprint density at radius 1 is 1.04 bits per heavy atom. The van der Waals surface area contributed by atoms with Crippen LogP contribution >= 0.6 is 0 Å². The molecule has 1 aliphatic rings. The van der Waals surface area contributed by atoms with Gasteiger partial charge in [0, 0.05) is 25.5 Å². The van der Waals surface area contributed by atoms with Crippen LogP contribution in [-0.2, 0) is 25.3 Å². The third-order valence-corrected chi connectivity index (χ3v) is 4.42. The van der Waals surface area contributed by atoms with Crippen LogP contribution in [0, 0.1) is 5.41 Å². The Morgan fingerprint density at radius 3 is 2.48 bits per heavy atom. The van der Waals surface area contributed by atoms with Gasteiger partial charge in [-0.2, -0.15) is 4.99 Å². The third-order valence-electron chi connectivity index (χ3n) is 4.23. The van der Waals surface area contributed by atoms with Crippen LogP contribution < -0.4 is 15.2 Å². The van der Waals surface area contributed by atoms with Crippen LogP contribution in [0.4, 0.5) is 0 Å². The molecule has 140 valence electrons. The molecule has 0 spiro atoms. The molecule has 2 aromatic rings. The molecule has 0 atom stereocenters. The Kier molecular flexibility index (Phi) is 6.32. The highest BCUT2D eigenvalue weighted by Crippen LogP contribution is 2.32. The van der Waals surface area contributed by atoms with Gasteiger partial charge in [0.1, 0.15) is 0 Å². The lowest BCUT2D eigenvalue weighted by Gasteiger charge is -2.23. The van der Waals surface area contributed by atoms with Gasteiger partial charge in [0.2, 0.25) is 18.7 Å². The fourth-order valence-corrected chi connectivity index (χ4v) is 2.83. The van der Waals surface area contributed by atoms with Crippen LogP contribution in [0.3, 0.4) is 0 Å². The molecule has 0 unspecified atom stereocenters. The Labute approximate surface area is 163 Å². The van der Waals surface area contributed by atoms with Gasteiger partial charge in [0.05, 0.1) is 0 Å². The number of hydrogen-bond acceptors (Lipinski definition) is 4. The van der Waals surface area contributed by atoms with Gasteiger partial charge in [-0.3, -0.25) is 5.41 Å².